The molecule has 5 heteroatoms. The second-order valence-corrected chi connectivity index (χ2v) is 9.52. The van der Waals surface area contributed by atoms with Gasteiger partial charge in [0.2, 0.25) is 6.29 Å². The average Bonchev–Trinajstić information content (AvgIpc) is 2.88. The Bertz CT molecular complexity index is 697. The monoisotopic (exact) mass is 362 g/mol. The van der Waals surface area contributed by atoms with Crippen LogP contribution in [0.5, 0.6) is 0 Å². The van der Waals surface area contributed by atoms with E-state index in [4.69, 9.17) is 9.47 Å². The van der Waals surface area contributed by atoms with Gasteiger partial charge in [-0.05, 0) is 68.1 Å². The zero-order valence-electron chi connectivity index (χ0n) is 16.3. The molecule has 26 heavy (non-hydrogen) atoms. The van der Waals surface area contributed by atoms with Crippen LogP contribution in [0.2, 0.25) is 0 Å². The Hall–Kier alpha value is -1.36. The average molecular weight is 362 g/mol. The molecule has 0 aromatic carbocycles. The molecule has 4 rings (SSSR count). The van der Waals surface area contributed by atoms with Gasteiger partial charge in [-0.1, -0.05) is 20.3 Å². The molecule has 2 fully saturated rings. The molecule has 0 saturated heterocycles. The van der Waals surface area contributed by atoms with E-state index < -0.39 is 11.7 Å². The Morgan fingerprint density at radius 3 is 2.58 bits per heavy atom. The molecule has 3 aliphatic carbocycles. The first-order valence-corrected chi connectivity index (χ1v) is 9.89. The van der Waals surface area contributed by atoms with Crippen molar-refractivity contribution in [3.63, 3.8) is 0 Å². The number of rotatable bonds is 1. The highest BCUT2D eigenvalue weighted by Crippen LogP contribution is 2.69. The smallest absolute Gasteiger partial charge is 0.336 e. The minimum absolute atomic E-state index is 0.00191. The first-order valence-electron chi connectivity index (χ1n) is 9.89. The second-order valence-electron chi connectivity index (χ2n) is 9.52. The zero-order chi connectivity index (χ0) is 18.9. The van der Waals surface area contributed by atoms with Crippen molar-refractivity contribution >= 4 is 11.9 Å². The molecule has 1 N–H and O–H groups in total. The van der Waals surface area contributed by atoms with E-state index in [-0.39, 0.29) is 28.7 Å². The minimum atomic E-state index is -1.10. The summed E-state index contributed by atoms with van der Waals surface area (Å²) in [4.78, 5) is 24.8. The van der Waals surface area contributed by atoms with Gasteiger partial charge in [0.05, 0.1) is 12.5 Å². The van der Waals surface area contributed by atoms with Crippen LogP contribution in [-0.4, -0.2) is 30.4 Å². The third-order valence-corrected chi connectivity index (χ3v) is 8.48. The highest BCUT2D eigenvalue weighted by molar-refractivity contribution is 5.92. The molecule has 144 valence electrons. The number of aliphatic hydroxyl groups excluding tert-OH is 1. The summed E-state index contributed by atoms with van der Waals surface area (Å²) in [5, 5.41) is 10.4. The number of cyclic esters (lactones) is 1. The lowest BCUT2D eigenvalue weighted by Gasteiger charge is -2.63. The van der Waals surface area contributed by atoms with E-state index in [0.29, 0.717) is 17.9 Å². The molecule has 5 nitrogen and oxygen atoms in total. The predicted molar refractivity (Wildman–Crippen MR) is 94.8 cm³/mol. The van der Waals surface area contributed by atoms with Crippen molar-refractivity contribution in [3.05, 3.63) is 11.1 Å². The Labute approximate surface area is 155 Å². The molecule has 2 saturated carbocycles. The van der Waals surface area contributed by atoms with Gasteiger partial charge < -0.3 is 14.6 Å². The number of hydrogen-bond donors (Lipinski definition) is 1. The zero-order valence-corrected chi connectivity index (χ0v) is 16.3. The Morgan fingerprint density at radius 1 is 1.15 bits per heavy atom. The van der Waals surface area contributed by atoms with Gasteiger partial charge in [-0.3, -0.25) is 4.79 Å². The number of aliphatic hydroxyl groups is 1. The largest absolute Gasteiger partial charge is 0.469 e. The molecular weight excluding hydrogens is 332 g/mol. The van der Waals surface area contributed by atoms with E-state index in [0.717, 1.165) is 44.1 Å². The number of carbonyl (C=O) groups excluding carboxylic acids is 2. The Balaban J connectivity index is 1.78. The molecule has 1 aliphatic heterocycles. The van der Waals surface area contributed by atoms with E-state index >= 15 is 0 Å². The highest BCUT2D eigenvalue weighted by atomic mass is 16.6. The van der Waals surface area contributed by atoms with Crippen molar-refractivity contribution in [2.45, 2.75) is 72.0 Å². The molecule has 0 aromatic rings. The van der Waals surface area contributed by atoms with Crippen LogP contribution in [0.15, 0.2) is 11.1 Å². The molecule has 4 aliphatic rings. The lowest BCUT2D eigenvalue weighted by atomic mass is 9.40. The lowest BCUT2D eigenvalue weighted by Crippen LogP contribution is -2.59. The van der Waals surface area contributed by atoms with Crippen molar-refractivity contribution < 1.29 is 24.2 Å². The quantitative estimate of drug-likeness (QED) is 0.724. The van der Waals surface area contributed by atoms with E-state index in [1.165, 1.54) is 7.11 Å². The van der Waals surface area contributed by atoms with E-state index in [1.54, 1.807) is 0 Å². The van der Waals surface area contributed by atoms with Gasteiger partial charge in [0.25, 0.3) is 0 Å². The summed E-state index contributed by atoms with van der Waals surface area (Å²) in [5.41, 5.74) is 0.837. The molecule has 6 unspecified atom stereocenters. The van der Waals surface area contributed by atoms with Crippen LogP contribution in [0.3, 0.4) is 0 Å². The first kappa shape index (κ1) is 18.0. The molecule has 0 bridgehead atoms. The van der Waals surface area contributed by atoms with Crippen LogP contribution in [0.1, 0.15) is 65.7 Å². The van der Waals surface area contributed by atoms with Gasteiger partial charge >= 0.3 is 11.9 Å². The maximum Gasteiger partial charge on any atom is 0.336 e. The third kappa shape index (κ3) is 2.07. The summed E-state index contributed by atoms with van der Waals surface area (Å²) in [6.07, 6.45) is 5.24. The standard InChI is InChI=1S/C21H30O5/c1-19-9-5-10-21(3,18(24)25-4)14(19)8-11-20(2)13(19)7-6-12-15(20)17(23)26-16(12)22/h13-14,17,23H,5-11H2,1-4H3. The predicted octanol–water partition coefficient (Wildman–Crippen LogP) is 3.35. The summed E-state index contributed by atoms with van der Waals surface area (Å²) in [6.45, 7) is 6.60. The first-order chi connectivity index (χ1) is 12.2. The fourth-order valence-electron chi connectivity index (χ4n) is 7.42. The summed E-state index contributed by atoms with van der Waals surface area (Å²) >= 11 is 0. The van der Waals surface area contributed by atoms with Crippen LogP contribution >= 0.6 is 0 Å². The summed E-state index contributed by atoms with van der Waals surface area (Å²) in [5.74, 6) is 0.169. The lowest BCUT2D eigenvalue weighted by molar-refractivity contribution is -0.180. The van der Waals surface area contributed by atoms with Crippen molar-refractivity contribution in [3.8, 4) is 0 Å². The van der Waals surface area contributed by atoms with Gasteiger partial charge in [-0.2, -0.15) is 0 Å². The number of esters is 2. The van der Waals surface area contributed by atoms with Crippen molar-refractivity contribution in [2.75, 3.05) is 7.11 Å². The van der Waals surface area contributed by atoms with Crippen molar-refractivity contribution in [1.82, 2.24) is 0 Å². The van der Waals surface area contributed by atoms with Gasteiger partial charge in [0.15, 0.2) is 0 Å². The van der Waals surface area contributed by atoms with Crippen molar-refractivity contribution in [1.29, 1.82) is 0 Å². The molecule has 0 radical (unpaired) electrons. The fourth-order valence-corrected chi connectivity index (χ4v) is 7.42. The van der Waals surface area contributed by atoms with Crippen LogP contribution in [-0.2, 0) is 19.1 Å². The topological polar surface area (TPSA) is 72.8 Å². The number of hydrogen-bond acceptors (Lipinski definition) is 5. The van der Waals surface area contributed by atoms with Gasteiger partial charge in [0.1, 0.15) is 0 Å². The highest BCUT2D eigenvalue weighted by Gasteiger charge is 2.64. The van der Waals surface area contributed by atoms with Crippen molar-refractivity contribution in [2.24, 2.45) is 28.1 Å². The van der Waals surface area contributed by atoms with Crippen LogP contribution in [0, 0.1) is 28.1 Å². The molecule has 6 atom stereocenters. The maximum atomic E-state index is 12.7. The second kappa shape index (κ2) is 5.57. The van der Waals surface area contributed by atoms with Gasteiger partial charge in [-0.25, -0.2) is 4.79 Å². The summed E-state index contributed by atoms with van der Waals surface area (Å²) < 4.78 is 10.4. The van der Waals surface area contributed by atoms with Gasteiger partial charge in [0, 0.05) is 11.1 Å². The van der Waals surface area contributed by atoms with E-state index in [9.17, 15) is 14.7 Å². The van der Waals surface area contributed by atoms with E-state index in [1.807, 2.05) is 0 Å². The molecule has 0 amide bonds. The molecule has 1 heterocycles. The molecule has 0 aromatic heterocycles. The van der Waals surface area contributed by atoms with Crippen LogP contribution < -0.4 is 0 Å². The molecular formula is C21H30O5. The van der Waals surface area contributed by atoms with Crippen LogP contribution in [0.4, 0.5) is 0 Å². The fraction of sp³-hybridized carbons (Fsp3) is 0.810. The molecule has 0 spiro atoms. The third-order valence-electron chi connectivity index (χ3n) is 8.48. The summed E-state index contributed by atoms with van der Waals surface area (Å²) in [7, 11) is 1.49. The number of fused-ring (bicyclic) bond motifs is 4. The number of methoxy groups -OCH3 is 1. The SMILES string of the molecule is COC(=O)C1(C)CCCC2(C)C1CCC1(C)C3=C(CCC12)C(=O)OC3O. The maximum absolute atomic E-state index is 12.7. The van der Waals surface area contributed by atoms with E-state index in [2.05, 4.69) is 20.8 Å². The Morgan fingerprint density at radius 2 is 1.88 bits per heavy atom. The minimum Gasteiger partial charge on any atom is -0.469 e. The normalized spacial score (nSPS) is 47.6. The van der Waals surface area contributed by atoms with Crippen LogP contribution in [0.25, 0.3) is 0 Å². The number of ether oxygens (including phenoxy) is 2. The van der Waals surface area contributed by atoms with Gasteiger partial charge in [-0.15, -0.1) is 0 Å². The summed E-state index contributed by atoms with van der Waals surface area (Å²) in [6, 6.07) is 0. The number of carbonyl (C=O) groups is 2. The Kier molecular flexibility index (Phi) is 3.86.